The molecule has 29 heavy (non-hydrogen) atoms. The maximum Gasteiger partial charge on any atom is 0.251 e. The van der Waals surface area contributed by atoms with Gasteiger partial charge in [0.25, 0.3) is 5.91 Å². The molecular formula is C22H23NO5S. The number of sulfone groups is 1. The summed E-state index contributed by atoms with van der Waals surface area (Å²) >= 11 is 0. The molecule has 6 nitrogen and oxygen atoms in total. The van der Waals surface area contributed by atoms with Gasteiger partial charge in [0.2, 0.25) is 0 Å². The van der Waals surface area contributed by atoms with E-state index in [4.69, 9.17) is 9.15 Å². The van der Waals surface area contributed by atoms with Crippen molar-refractivity contribution in [1.29, 1.82) is 0 Å². The molecule has 0 unspecified atom stereocenters. The van der Waals surface area contributed by atoms with Gasteiger partial charge in [0.15, 0.2) is 9.84 Å². The number of furan rings is 1. The molecule has 0 bridgehead atoms. The Balaban J connectivity index is 1.88. The van der Waals surface area contributed by atoms with Gasteiger partial charge < -0.3 is 14.5 Å². The van der Waals surface area contributed by atoms with Crippen molar-refractivity contribution in [2.45, 2.75) is 24.0 Å². The molecule has 0 fully saturated rings. The lowest BCUT2D eigenvalue weighted by molar-refractivity contribution is 0.0953. The van der Waals surface area contributed by atoms with Gasteiger partial charge in [0, 0.05) is 12.1 Å². The van der Waals surface area contributed by atoms with Gasteiger partial charge in [-0.3, -0.25) is 4.79 Å². The van der Waals surface area contributed by atoms with Gasteiger partial charge in [0.1, 0.15) is 16.8 Å². The molecule has 1 atom stereocenters. The highest BCUT2D eigenvalue weighted by Gasteiger charge is 2.32. The van der Waals surface area contributed by atoms with Crippen LogP contribution < -0.4 is 10.1 Å². The van der Waals surface area contributed by atoms with Gasteiger partial charge >= 0.3 is 0 Å². The minimum atomic E-state index is -3.79. The van der Waals surface area contributed by atoms with E-state index in [2.05, 4.69) is 5.32 Å². The third-order valence-corrected chi connectivity index (χ3v) is 6.88. The summed E-state index contributed by atoms with van der Waals surface area (Å²) in [6.45, 7) is 3.66. The number of amides is 1. The van der Waals surface area contributed by atoms with Crippen molar-refractivity contribution in [2.75, 3.05) is 13.7 Å². The molecule has 0 saturated heterocycles. The van der Waals surface area contributed by atoms with Gasteiger partial charge in [-0.05, 0) is 67.4 Å². The molecule has 0 aliphatic rings. The Bertz CT molecular complexity index is 1100. The molecule has 1 heterocycles. The van der Waals surface area contributed by atoms with Crippen molar-refractivity contribution in [3.8, 4) is 5.75 Å². The van der Waals surface area contributed by atoms with E-state index in [1.54, 1.807) is 54.6 Å². The molecule has 0 aliphatic heterocycles. The molecule has 7 heteroatoms. The smallest absolute Gasteiger partial charge is 0.251 e. The van der Waals surface area contributed by atoms with E-state index >= 15 is 0 Å². The van der Waals surface area contributed by atoms with E-state index in [9.17, 15) is 13.2 Å². The van der Waals surface area contributed by atoms with Crippen molar-refractivity contribution in [3.63, 3.8) is 0 Å². The molecular weight excluding hydrogens is 390 g/mol. The number of hydrogen-bond acceptors (Lipinski definition) is 5. The molecule has 0 radical (unpaired) electrons. The monoisotopic (exact) mass is 413 g/mol. The normalized spacial score (nSPS) is 12.4. The van der Waals surface area contributed by atoms with Gasteiger partial charge in [-0.15, -0.1) is 0 Å². The van der Waals surface area contributed by atoms with Crippen LogP contribution in [0.4, 0.5) is 0 Å². The number of ether oxygens (including phenoxy) is 1. The molecule has 3 rings (SSSR count). The predicted molar refractivity (Wildman–Crippen MR) is 110 cm³/mol. The van der Waals surface area contributed by atoms with Crippen LogP contribution in [0.5, 0.6) is 5.75 Å². The number of hydrogen-bond donors (Lipinski definition) is 1. The van der Waals surface area contributed by atoms with Gasteiger partial charge in [-0.1, -0.05) is 12.1 Å². The number of carbonyl (C=O) groups excluding carboxylic acids is 1. The van der Waals surface area contributed by atoms with E-state index in [0.29, 0.717) is 11.3 Å². The lowest BCUT2D eigenvalue weighted by Crippen LogP contribution is -2.31. The van der Waals surface area contributed by atoms with E-state index in [1.807, 2.05) is 13.8 Å². The first-order valence-electron chi connectivity index (χ1n) is 9.09. The molecule has 1 N–H and O–H groups in total. The minimum absolute atomic E-state index is 0.126. The largest absolute Gasteiger partial charge is 0.497 e. The van der Waals surface area contributed by atoms with Crippen LogP contribution in [0.15, 0.2) is 70.2 Å². The van der Waals surface area contributed by atoms with Gasteiger partial charge in [0.05, 0.1) is 18.3 Å². The first-order valence-corrected chi connectivity index (χ1v) is 10.6. The zero-order valence-electron chi connectivity index (χ0n) is 16.5. The molecule has 0 aliphatic carbocycles. The summed E-state index contributed by atoms with van der Waals surface area (Å²) in [6, 6.07) is 14.9. The van der Waals surface area contributed by atoms with E-state index in [0.717, 1.165) is 11.1 Å². The second-order valence-corrected chi connectivity index (χ2v) is 8.87. The van der Waals surface area contributed by atoms with Crippen molar-refractivity contribution in [2.24, 2.45) is 0 Å². The number of carbonyl (C=O) groups is 1. The SMILES string of the molecule is COc1cccc(C(=O)NC[C@@H](c2ccco2)S(=O)(=O)c2ccc(C)c(C)c2)c1. The Hall–Kier alpha value is -3.06. The molecule has 3 aromatic rings. The van der Waals surface area contributed by atoms with E-state index in [1.165, 1.54) is 13.4 Å². The highest BCUT2D eigenvalue weighted by atomic mass is 32.2. The molecule has 1 amide bonds. The Kier molecular flexibility index (Phi) is 6.08. The van der Waals surface area contributed by atoms with Crippen molar-refractivity contribution < 1.29 is 22.4 Å². The summed E-state index contributed by atoms with van der Waals surface area (Å²) in [5.74, 6) is 0.424. The van der Waals surface area contributed by atoms with Crippen molar-refractivity contribution >= 4 is 15.7 Å². The lowest BCUT2D eigenvalue weighted by atomic mass is 10.1. The highest BCUT2D eigenvalue weighted by molar-refractivity contribution is 7.91. The zero-order chi connectivity index (χ0) is 21.0. The molecule has 152 valence electrons. The van der Waals surface area contributed by atoms with E-state index in [-0.39, 0.29) is 17.2 Å². The second-order valence-electron chi connectivity index (χ2n) is 6.74. The number of nitrogens with one attached hydrogen (secondary N) is 1. The summed E-state index contributed by atoms with van der Waals surface area (Å²) in [4.78, 5) is 12.7. The number of rotatable bonds is 7. The molecule has 0 saturated carbocycles. The summed E-state index contributed by atoms with van der Waals surface area (Å²) in [7, 11) is -2.27. The highest BCUT2D eigenvalue weighted by Crippen LogP contribution is 2.30. The third kappa shape index (κ3) is 4.51. The average molecular weight is 413 g/mol. The van der Waals surface area contributed by atoms with Crippen molar-refractivity contribution in [3.05, 3.63) is 83.3 Å². The maximum absolute atomic E-state index is 13.3. The summed E-state index contributed by atoms with van der Waals surface area (Å²) in [5, 5.41) is 1.66. The van der Waals surface area contributed by atoms with Gasteiger partial charge in [-0.25, -0.2) is 8.42 Å². The van der Waals surface area contributed by atoms with Crippen LogP contribution in [0.1, 0.15) is 32.5 Å². The fraction of sp³-hybridized carbons (Fsp3) is 0.227. The van der Waals surface area contributed by atoms with Gasteiger partial charge in [-0.2, -0.15) is 0 Å². The second kappa shape index (κ2) is 8.53. The number of methoxy groups -OCH3 is 1. The first kappa shape index (κ1) is 20.7. The van der Waals surface area contributed by atoms with Crippen LogP contribution in [0.25, 0.3) is 0 Å². The lowest BCUT2D eigenvalue weighted by Gasteiger charge is -2.17. The van der Waals surface area contributed by atoms with Crippen LogP contribution in [0.3, 0.4) is 0 Å². The predicted octanol–water partition coefficient (Wildman–Crippen LogP) is 3.85. The Morgan fingerprint density at radius 2 is 1.86 bits per heavy atom. The Morgan fingerprint density at radius 1 is 1.07 bits per heavy atom. The first-order chi connectivity index (χ1) is 13.8. The molecule has 1 aromatic heterocycles. The number of aryl methyl sites for hydroxylation is 2. The minimum Gasteiger partial charge on any atom is -0.497 e. The summed E-state index contributed by atoms with van der Waals surface area (Å²) in [5.41, 5.74) is 2.26. The van der Waals surface area contributed by atoms with Crippen LogP contribution >= 0.6 is 0 Å². The molecule has 2 aromatic carbocycles. The standard InChI is InChI=1S/C22H23NO5S/c1-15-9-10-19(12-16(15)2)29(25,26)21(20-8-5-11-28-20)14-23-22(24)17-6-4-7-18(13-17)27-3/h4-13,21H,14H2,1-3H3,(H,23,24)/t21-/m0/s1. The Morgan fingerprint density at radius 3 is 2.52 bits per heavy atom. The Labute approximate surface area is 170 Å². The summed E-state index contributed by atoms with van der Waals surface area (Å²) < 4.78 is 37.1. The molecule has 0 spiro atoms. The zero-order valence-corrected chi connectivity index (χ0v) is 17.3. The van der Waals surface area contributed by atoms with Crippen LogP contribution in [-0.4, -0.2) is 28.0 Å². The average Bonchev–Trinajstić information content (AvgIpc) is 3.24. The fourth-order valence-electron chi connectivity index (χ4n) is 2.94. The topological polar surface area (TPSA) is 85.6 Å². The quantitative estimate of drug-likeness (QED) is 0.636. The van der Waals surface area contributed by atoms with Crippen LogP contribution in [-0.2, 0) is 9.84 Å². The number of benzene rings is 2. The fourth-order valence-corrected chi connectivity index (χ4v) is 4.61. The van der Waals surface area contributed by atoms with Crippen LogP contribution in [0, 0.1) is 13.8 Å². The summed E-state index contributed by atoms with van der Waals surface area (Å²) in [6.07, 6.45) is 1.42. The van der Waals surface area contributed by atoms with Crippen molar-refractivity contribution in [1.82, 2.24) is 5.32 Å². The van der Waals surface area contributed by atoms with Crippen LogP contribution in [0.2, 0.25) is 0 Å². The third-order valence-electron chi connectivity index (χ3n) is 4.82. The van der Waals surface area contributed by atoms with E-state index < -0.39 is 21.0 Å². The maximum atomic E-state index is 13.3.